The van der Waals surface area contributed by atoms with E-state index in [9.17, 15) is 8.42 Å². The first-order valence-electron chi connectivity index (χ1n) is 7.17. The third-order valence-electron chi connectivity index (χ3n) is 3.43. The van der Waals surface area contributed by atoms with Gasteiger partial charge in [0.25, 0.3) is 0 Å². The second kappa shape index (κ2) is 6.78. The summed E-state index contributed by atoms with van der Waals surface area (Å²) in [7, 11) is -3.88. The van der Waals surface area contributed by atoms with E-state index in [1.807, 2.05) is 12.1 Å². The van der Waals surface area contributed by atoms with Crippen LogP contribution in [0, 0.1) is 3.57 Å². The Morgan fingerprint density at radius 1 is 1.13 bits per heavy atom. The first-order valence-corrected chi connectivity index (χ1v) is 9.66. The lowest BCUT2D eigenvalue weighted by Crippen LogP contribution is -2.16. The Balaban J connectivity index is 2.48. The SMILES string of the molecule is CC(C)(C)c1cc(I)c(OS(=O)(=O)c2ccccc2)c(CN)c1. The summed E-state index contributed by atoms with van der Waals surface area (Å²) >= 11 is 2.09. The lowest BCUT2D eigenvalue weighted by Gasteiger charge is -2.22. The minimum Gasteiger partial charge on any atom is -0.377 e. The third-order valence-corrected chi connectivity index (χ3v) is 5.47. The molecule has 0 saturated carbocycles. The van der Waals surface area contributed by atoms with Crippen molar-refractivity contribution in [3.8, 4) is 5.75 Å². The van der Waals surface area contributed by atoms with Gasteiger partial charge in [-0.1, -0.05) is 45.0 Å². The normalized spacial score (nSPS) is 12.2. The molecule has 0 aliphatic rings. The van der Waals surface area contributed by atoms with Crippen molar-refractivity contribution >= 4 is 32.7 Å². The van der Waals surface area contributed by atoms with Crippen LogP contribution in [0.5, 0.6) is 5.75 Å². The van der Waals surface area contributed by atoms with Crippen LogP contribution in [0.15, 0.2) is 47.4 Å². The Kier molecular flexibility index (Phi) is 5.37. The Labute approximate surface area is 151 Å². The highest BCUT2D eigenvalue weighted by Gasteiger charge is 2.23. The molecular weight excluding hydrogens is 425 g/mol. The van der Waals surface area contributed by atoms with E-state index >= 15 is 0 Å². The summed E-state index contributed by atoms with van der Waals surface area (Å²) in [6, 6.07) is 11.9. The monoisotopic (exact) mass is 445 g/mol. The van der Waals surface area contributed by atoms with Gasteiger partial charge in [0.15, 0.2) is 5.75 Å². The van der Waals surface area contributed by atoms with Crippen LogP contribution in [-0.4, -0.2) is 8.42 Å². The Bertz CT molecular complexity index is 797. The average molecular weight is 445 g/mol. The zero-order valence-corrected chi connectivity index (χ0v) is 16.3. The summed E-state index contributed by atoms with van der Waals surface area (Å²) < 4.78 is 31.0. The minimum atomic E-state index is -3.88. The van der Waals surface area contributed by atoms with Crippen LogP contribution >= 0.6 is 22.6 Å². The third kappa shape index (κ3) is 4.24. The second-order valence-corrected chi connectivity index (χ2v) is 8.96. The van der Waals surface area contributed by atoms with Crippen molar-refractivity contribution in [1.29, 1.82) is 0 Å². The van der Waals surface area contributed by atoms with E-state index in [-0.39, 0.29) is 16.9 Å². The van der Waals surface area contributed by atoms with E-state index in [0.717, 1.165) is 9.13 Å². The molecule has 0 bridgehead atoms. The van der Waals surface area contributed by atoms with Gasteiger partial charge in [-0.15, -0.1) is 0 Å². The van der Waals surface area contributed by atoms with Gasteiger partial charge in [-0.05, 0) is 51.8 Å². The smallest absolute Gasteiger partial charge is 0.339 e. The van der Waals surface area contributed by atoms with Gasteiger partial charge >= 0.3 is 10.1 Å². The molecule has 2 N–H and O–H groups in total. The molecule has 23 heavy (non-hydrogen) atoms. The zero-order valence-electron chi connectivity index (χ0n) is 13.3. The van der Waals surface area contributed by atoms with Gasteiger partial charge in [0.2, 0.25) is 0 Å². The Hall–Kier alpha value is -1.12. The summed E-state index contributed by atoms with van der Waals surface area (Å²) in [6.07, 6.45) is 0. The molecule has 124 valence electrons. The van der Waals surface area contributed by atoms with Crippen molar-refractivity contribution in [2.45, 2.75) is 37.6 Å². The maximum atomic E-state index is 12.4. The Morgan fingerprint density at radius 2 is 1.74 bits per heavy atom. The van der Waals surface area contributed by atoms with Crippen molar-refractivity contribution in [1.82, 2.24) is 0 Å². The molecule has 4 nitrogen and oxygen atoms in total. The number of nitrogens with two attached hydrogens (primary N) is 1. The molecule has 0 saturated heterocycles. The van der Waals surface area contributed by atoms with E-state index in [2.05, 4.69) is 43.4 Å². The maximum absolute atomic E-state index is 12.4. The summed E-state index contributed by atoms with van der Waals surface area (Å²) in [6.45, 7) is 6.50. The quantitative estimate of drug-likeness (QED) is 0.574. The molecule has 0 heterocycles. The van der Waals surface area contributed by atoms with Crippen LogP contribution in [0.25, 0.3) is 0 Å². The van der Waals surface area contributed by atoms with Gasteiger partial charge in [0, 0.05) is 12.1 Å². The second-order valence-electron chi connectivity index (χ2n) is 6.25. The lowest BCUT2D eigenvalue weighted by molar-refractivity contribution is 0.480. The van der Waals surface area contributed by atoms with Crippen molar-refractivity contribution in [3.63, 3.8) is 0 Å². The topological polar surface area (TPSA) is 69.4 Å². The van der Waals surface area contributed by atoms with Gasteiger partial charge in [0.1, 0.15) is 4.90 Å². The van der Waals surface area contributed by atoms with E-state index < -0.39 is 10.1 Å². The molecule has 2 rings (SSSR count). The van der Waals surface area contributed by atoms with Gasteiger partial charge in [0.05, 0.1) is 3.57 Å². The molecule has 0 aliphatic carbocycles. The van der Waals surface area contributed by atoms with E-state index in [4.69, 9.17) is 9.92 Å². The summed E-state index contributed by atoms with van der Waals surface area (Å²) in [5.74, 6) is 0.310. The largest absolute Gasteiger partial charge is 0.377 e. The van der Waals surface area contributed by atoms with Crippen LogP contribution in [0.2, 0.25) is 0 Å². The highest BCUT2D eigenvalue weighted by atomic mass is 127. The summed E-state index contributed by atoms with van der Waals surface area (Å²) in [5, 5.41) is 0. The highest BCUT2D eigenvalue weighted by Crippen LogP contribution is 2.34. The fraction of sp³-hybridized carbons (Fsp3) is 0.294. The van der Waals surface area contributed by atoms with Crippen LogP contribution in [0.3, 0.4) is 0 Å². The fourth-order valence-electron chi connectivity index (χ4n) is 2.07. The first kappa shape index (κ1) is 18.2. The number of rotatable bonds is 4. The van der Waals surface area contributed by atoms with Crippen LogP contribution in [-0.2, 0) is 22.1 Å². The molecule has 6 heteroatoms. The Morgan fingerprint density at radius 3 is 2.26 bits per heavy atom. The molecule has 0 unspecified atom stereocenters. The standard InChI is InChI=1S/C17H20INO3S/c1-17(2,3)13-9-12(11-19)16(15(18)10-13)22-23(20,21)14-7-5-4-6-8-14/h4-10H,11,19H2,1-3H3. The molecule has 0 atom stereocenters. The number of halogens is 1. The average Bonchev–Trinajstić information content (AvgIpc) is 2.48. The van der Waals surface area contributed by atoms with Gasteiger partial charge in [-0.25, -0.2) is 0 Å². The lowest BCUT2D eigenvalue weighted by atomic mass is 9.86. The van der Waals surface area contributed by atoms with E-state index in [0.29, 0.717) is 11.3 Å². The minimum absolute atomic E-state index is 0.0549. The molecule has 0 amide bonds. The summed E-state index contributed by atoms with van der Waals surface area (Å²) in [5.41, 5.74) is 7.53. The maximum Gasteiger partial charge on any atom is 0.339 e. The number of hydrogen-bond donors (Lipinski definition) is 1. The van der Waals surface area contributed by atoms with E-state index in [1.165, 1.54) is 12.1 Å². The molecule has 0 radical (unpaired) electrons. The van der Waals surface area contributed by atoms with Crippen LogP contribution in [0.4, 0.5) is 0 Å². The van der Waals surface area contributed by atoms with Crippen LogP contribution < -0.4 is 9.92 Å². The molecule has 0 aliphatic heterocycles. The molecular formula is C17H20INO3S. The first-order chi connectivity index (χ1) is 10.6. The van der Waals surface area contributed by atoms with Crippen molar-refractivity contribution in [2.75, 3.05) is 0 Å². The highest BCUT2D eigenvalue weighted by molar-refractivity contribution is 14.1. The van der Waals surface area contributed by atoms with Crippen molar-refractivity contribution in [2.24, 2.45) is 5.73 Å². The van der Waals surface area contributed by atoms with Gasteiger partial charge in [-0.2, -0.15) is 8.42 Å². The molecule has 2 aromatic carbocycles. The molecule has 0 fully saturated rings. The number of hydrogen-bond acceptors (Lipinski definition) is 4. The fourth-order valence-corrected chi connectivity index (χ4v) is 4.02. The molecule has 0 spiro atoms. The molecule has 2 aromatic rings. The van der Waals surface area contributed by atoms with Crippen LogP contribution in [0.1, 0.15) is 31.9 Å². The summed E-state index contributed by atoms with van der Waals surface area (Å²) in [4.78, 5) is 0.124. The van der Waals surface area contributed by atoms with Crippen molar-refractivity contribution in [3.05, 3.63) is 57.2 Å². The van der Waals surface area contributed by atoms with Gasteiger partial charge < -0.3 is 9.92 Å². The zero-order chi connectivity index (χ0) is 17.3. The van der Waals surface area contributed by atoms with Crippen molar-refractivity contribution < 1.29 is 12.6 Å². The van der Waals surface area contributed by atoms with E-state index in [1.54, 1.807) is 18.2 Å². The predicted octanol–water partition coefficient (Wildman–Crippen LogP) is 3.82. The predicted molar refractivity (Wildman–Crippen MR) is 100 cm³/mol. The molecule has 0 aromatic heterocycles. The van der Waals surface area contributed by atoms with Gasteiger partial charge in [-0.3, -0.25) is 0 Å². The number of benzene rings is 2.